The van der Waals surface area contributed by atoms with Crippen molar-refractivity contribution in [1.29, 1.82) is 0 Å². The molecular weight excluding hydrogens is 372 g/mol. The molecule has 0 aromatic heterocycles. The van der Waals surface area contributed by atoms with Crippen LogP contribution in [0.4, 0.5) is 4.79 Å². The van der Waals surface area contributed by atoms with Gasteiger partial charge in [-0.25, -0.2) is 4.79 Å². The molecule has 2 aromatic rings. The van der Waals surface area contributed by atoms with Crippen LogP contribution in [-0.2, 0) is 32.1 Å². The van der Waals surface area contributed by atoms with Gasteiger partial charge >= 0.3 is 6.09 Å². The molecule has 7 nitrogen and oxygen atoms in total. The highest BCUT2D eigenvalue weighted by atomic mass is 16.6. The van der Waals surface area contributed by atoms with Crippen molar-refractivity contribution in [2.75, 3.05) is 6.61 Å². The lowest BCUT2D eigenvalue weighted by Gasteiger charge is -2.20. The van der Waals surface area contributed by atoms with Gasteiger partial charge in [0.15, 0.2) is 5.78 Å². The lowest BCUT2D eigenvalue weighted by Crippen LogP contribution is -2.52. The van der Waals surface area contributed by atoms with Gasteiger partial charge in [0.2, 0.25) is 5.91 Å². The minimum atomic E-state index is -0.857. The van der Waals surface area contributed by atoms with E-state index >= 15 is 0 Å². The van der Waals surface area contributed by atoms with E-state index in [4.69, 9.17) is 9.47 Å². The van der Waals surface area contributed by atoms with Crippen molar-refractivity contribution in [3.8, 4) is 0 Å². The zero-order valence-electron chi connectivity index (χ0n) is 16.2. The molecule has 1 heterocycles. The number of alkyl carbamates (subject to hydrolysis) is 1. The summed E-state index contributed by atoms with van der Waals surface area (Å²) in [5, 5.41) is 5.21. The van der Waals surface area contributed by atoms with Crippen molar-refractivity contribution in [3.05, 3.63) is 71.8 Å². The molecule has 2 aromatic carbocycles. The Hall–Kier alpha value is -3.19. The summed E-state index contributed by atoms with van der Waals surface area (Å²) in [4.78, 5) is 37.0. The zero-order chi connectivity index (χ0) is 20.6. The third-order valence-corrected chi connectivity index (χ3v) is 4.53. The third kappa shape index (κ3) is 6.43. The van der Waals surface area contributed by atoms with Gasteiger partial charge in [-0.2, -0.15) is 0 Å². The Kier molecular flexibility index (Phi) is 6.97. The van der Waals surface area contributed by atoms with Crippen LogP contribution < -0.4 is 10.6 Å². The number of ether oxygens (including phenoxy) is 2. The maximum atomic E-state index is 12.5. The van der Waals surface area contributed by atoms with Crippen molar-refractivity contribution >= 4 is 17.8 Å². The fourth-order valence-corrected chi connectivity index (χ4v) is 2.81. The van der Waals surface area contributed by atoms with Gasteiger partial charge in [0, 0.05) is 0 Å². The first-order chi connectivity index (χ1) is 14.0. The van der Waals surface area contributed by atoms with Crippen LogP contribution in [0, 0.1) is 0 Å². The first-order valence-corrected chi connectivity index (χ1v) is 9.50. The number of ketones is 1. The predicted octanol–water partition coefficient (Wildman–Crippen LogP) is 2.00. The summed E-state index contributed by atoms with van der Waals surface area (Å²) in [6.45, 7) is 2.02. The molecule has 0 aliphatic carbocycles. The molecule has 0 bridgehead atoms. The van der Waals surface area contributed by atoms with E-state index in [9.17, 15) is 14.4 Å². The Bertz CT molecular complexity index is 837. The summed E-state index contributed by atoms with van der Waals surface area (Å²) in [6.07, 6.45) is -0.813. The van der Waals surface area contributed by atoms with Gasteiger partial charge in [-0.1, -0.05) is 60.7 Å². The Balaban J connectivity index is 1.52. The van der Waals surface area contributed by atoms with Gasteiger partial charge in [-0.3, -0.25) is 9.59 Å². The predicted molar refractivity (Wildman–Crippen MR) is 106 cm³/mol. The van der Waals surface area contributed by atoms with Crippen molar-refractivity contribution < 1.29 is 23.9 Å². The fourth-order valence-electron chi connectivity index (χ4n) is 2.81. The van der Waals surface area contributed by atoms with E-state index in [1.807, 2.05) is 60.7 Å². The zero-order valence-corrected chi connectivity index (χ0v) is 16.2. The normalized spacial score (nSPS) is 16.9. The highest BCUT2D eigenvalue weighted by molar-refractivity contribution is 5.95. The van der Waals surface area contributed by atoms with Gasteiger partial charge in [-0.15, -0.1) is 0 Å². The number of carbonyl (C=O) groups excluding carboxylic acids is 3. The molecule has 152 valence electrons. The molecule has 3 atom stereocenters. The molecule has 29 heavy (non-hydrogen) atoms. The maximum Gasteiger partial charge on any atom is 0.408 e. The monoisotopic (exact) mass is 396 g/mol. The minimum absolute atomic E-state index is 0.106. The molecule has 1 fully saturated rings. The number of amides is 2. The van der Waals surface area contributed by atoms with E-state index in [0.29, 0.717) is 13.0 Å². The van der Waals surface area contributed by atoms with Crippen molar-refractivity contribution in [2.24, 2.45) is 0 Å². The average Bonchev–Trinajstić information content (AvgIpc) is 3.58. The summed E-state index contributed by atoms with van der Waals surface area (Å²) in [5.41, 5.74) is 1.77. The van der Waals surface area contributed by atoms with E-state index in [0.717, 1.165) is 11.1 Å². The topological polar surface area (TPSA) is 97.0 Å². The molecule has 3 unspecified atom stereocenters. The van der Waals surface area contributed by atoms with E-state index in [2.05, 4.69) is 10.6 Å². The van der Waals surface area contributed by atoms with Crippen LogP contribution >= 0.6 is 0 Å². The van der Waals surface area contributed by atoms with E-state index in [1.165, 1.54) is 6.92 Å². The number of hydrogen-bond donors (Lipinski definition) is 2. The lowest BCUT2D eigenvalue weighted by atomic mass is 10.0. The van der Waals surface area contributed by atoms with Gasteiger partial charge in [-0.05, 0) is 24.5 Å². The Morgan fingerprint density at radius 2 is 1.59 bits per heavy atom. The summed E-state index contributed by atoms with van der Waals surface area (Å²) < 4.78 is 10.2. The minimum Gasteiger partial charge on any atom is -0.445 e. The molecule has 1 aliphatic heterocycles. The second-order valence-electron chi connectivity index (χ2n) is 6.90. The van der Waals surface area contributed by atoms with E-state index in [-0.39, 0.29) is 12.4 Å². The molecule has 2 N–H and O–H groups in total. The standard InChI is InChI=1S/C22H24N2O5/c1-15(23-22(27)29-13-17-10-6-3-7-11-17)21(26)24-18(20(25)19-14-28-19)12-16-8-4-2-5-9-16/h2-11,15,18-19H,12-14H2,1H3,(H,23,27)(H,24,26). The van der Waals surface area contributed by atoms with Crippen molar-refractivity contribution in [2.45, 2.75) is 38.1 Å². The number of rotatable bonds is 9. The van der Waals surface area contributed by atoms with E-state index < -0.39 is 30.2 Å². The molecule has 3 rings (SSSR count). The second-order valence-corrected chi connectivity index (χ2v) is 6.90. The summed E-state index contributed by atoms with van der Waals surface area (Å²) in [7, 11) is 0. The summed E-state index contributed by atoms with van der Waals surface area (Å²) >= 11 is 0. The maximum absolute atomic E-state index is 12.5. The van der Waals surface area contributed by atoms with Gasteiger partial charge in [0.25, 0.3) is 0 Å². The highest BCUT2D eigenvalue weighted by Crippen LogP contribution is 2.15. The average molecular weight is 396 g/mol. The van der Waals surface area contributed by atoms with Crippen LogP contribution in [0.25, 0.3) is 0 Å². The van der Waals surface area contributed by atoms with E-state index in [1.54, 1.807) is 0 Å². The van der Waals surface area contributed by atoms with Crippen LogP contribution in [0.5, 0.6) is 0 Å². The van der Waals surface area contributed by atoms with Gasteiger partial charge in [0.1, 0.15) is 18.8 Å². The number of nitrogens with one attached hydrogen (secondary N) is 2. The Morgan fingerprint density at radius 1 is 1.00 bits per heavy atom. The Morgan fingerprint density at radius 3 is 2.17 bits per heavy atom. The first-order valence-electron chi connectivity index (χ1n) is 9.50. The Labute approximate surface area is 169 Å². The van der Waals surface area contributed by atoms with Crippen LogP contribution in [-0.4, -0.2) is 42.6 Å². The number of carbonyl (C=O) groups is 3. The quantitative estimate of drug-likeness (QED) is 0.632. The molecule has 1 aliphatic rings. The van der Waals surface area contributed by atoms with Crippen LogP contribution in [0.1, 0.15) is 18.1 Å². The van der Waals surface area contributed by atoms with Crippen LogP contribution in [0.2, 0.25) is 0 Å². The molecule has 1 saturated heterocycles. The molecule has 2 amide bonds. The van der Waals surface area contributed by atoms with Crippen LogP contribution in [0.15, 0.2) is 60.7 Å². The smallest absolute Gasteiger partial charge is 0.408 e. The first kappa shape index (κ1) is 20.5. The van der Waals surface area contributed by atoms with Crippen molar-refractivity contribution in [3.63, 3.8) is 0 Å². The van der Waals surface area contributed by atoms with Gasteiger partial charge < -0.3 is 20.1 Å². The largest absolute Gasteiger partial charge is 0.445 e. The molecule has 7 heteroatoms. The lowest BCUT2D eigenvalue weighted by molar-refractivity contribution is -0.129. The molecule has 0 saturated carbocycles. The summed E-state index contributed by atoms with van der Waals surface area (Å²) in [6, 6.07) is 17.1. The molecule has 0 spiro atoms. The SMILES string of the molecule is CC(NC(=O)OCc1ccccc1)C(=O)NC(Cc1ccccc1)C(=O)C1CO1. The number of hydrogen-bond acceptors (Lipinski definition) is 5. The van der Waals surface area contributed by atoms with Crippen molar-refractivity contribution in [1.82, 2.24) is 10.6 Å². The number of Topliss-reactive ketones (excluding diaryl/α,β-unsaturated/α-hetero) is 1. The fraction of sp³-hybridized carbons (Fsp3) is 0.318. The van der Waals surface area contributed by atoms with Crippen LogP contribution in [0.3, 0.4) is 0 Å². The summed E-state index contributed by atoms with van der Waals surface area (Å²) in [5.74, 6) is -0.627. The van der Waals surface area contributed by atoms with Gasteiger partial charge in [0.05, 0.1) is 12.6 Å². The third-order valence-electron chi connectivity index (χ3n) is 4.53. The second kappa shape index (κ2) is 9.84. The number of epoxide rings is 1. The molecule has 0 radical (unpaired) electrons. The highest BCUT2D eigenvalue weighted by Gasteiger charge is 2.37. The number of benzene rings is 2. The molecular formula is C22H24N2O5.